The maximum Gasteiger partial charge on any atom is 0.288 e. The molecule has 1 aromatic rings. The van der Waals surface area contributed by atoms with Gasteiger partial charge in [0.15, 0.2) is 11.1 Å². The molecule has 1 atom stereocenters. The van der Waals surface area contributed by atoms with Gasteiger partial charge in [-0.1, -0.05) is 0 Å². The van der Waals surface area contributed by atoms with E-state index in [0.29, 0.717) is 0 Å². The summed E-state index contributed by atoms with van der Waals surface area (Å²) in [4.78, 5) is 9.74. The number of nitro benzene ring substituents is 1. The molecule has 5 nitrogen and oxygen atoms in total. The van der Waals surface area contributed by atoms with Crippen molar-refractivity contribution < 1.29 is 13.7 Å². The Morgan fingerprint density at radius 3 is 2.29 bits per heavy atom. The van der Waals surface area contributed by atoms with Gasteiger partial charge in [0, 0.05) is 6.07 Å². The average Bonchev–Trinajstić information content (AvgIpc) is 2.08. The zero-order chi connectivity index (χ0) is 10.9. The summed E-state index contributed by atoms with van der Waals surface area (Å²) in [6.45, 7) is 3.45. The Bertz CT molecular complexity index is 377. The molecule has 0 amide bonds. The fraction of sp³-hybridized carbons (Fsp3) is 0.250. The Morgan fingerprint density at radius 2 is 1.86 bits per heavy atom. The number of aryl methyl sites for hydroxylation is 2. The van der Waals surface area contributed by atoms with E-state index in [0.717, 1.165) is 11.1 Å². The lowest BCUT2D eigenvalue weighted by molar-refractivity contribution is -0.387. The third-order valence-electron chi connectivity index (χ3n) is 1.96. The fourth-order valence-corrected chi connectivity index (χ4v) is 1.65. The SMILES string of the molecule is Cc1cc([N+](=O)[O-])c(S(=O)O)cc1C. The van der Waals surface area contributed by atoms with E-state index in [1.807, 2.05) is 0 Å². The summed E-state index contributed by atoms with van der Waals surface area (Å²) in [5.41, 5.74) is 1.17. The van der Waals surface area contributed by atoms with Crippen LogP contribution in [0.1, 0.15) is 11.1 Å². The summed E-state index contributed by atoms with van der Waals surface area (Å²) in [5, 5.41) is 10.5. The molecule has 0 radical (unpaired) electrons. The molecule has 1 rings (SSSR count). The summed E-state index contributed by atoms with van der Waals surface area (Å²) in [5.74, 6) is 0. The van der Waals surface area contributed by atoms with Crippen LogP contribution in [0.25, 0.3) is 0 Å². The molecule has 76 valence electrons. The molecule has 0 bridgehead atoms. The summed E-state index contributed by atoms with van der Waals surface area (Å²) in [7, 11) is 0. The normalized spacial score (nSPS) is 12.5. The Hall–Kier alpha value is -1.27. The van der Waals surface area contributed by atoms with Gasteiger partial charge in [0.1, 0.15) is 4.90 Å². The fourth-order valence-electron chi connectivity index (χ4n) is 1.06. The predicted octanol–water partition coefficient (Wildman–Crippen LogP) is 1.79. The van der Waals surface area contributed by atoms with Crippen LogP contribution < -0.4 is 0 Å². The molecular weight excluding hydrogens is 206 g/mol. The minimum absolute atomic E-state index is 0.155. The van der Waals surface area contributed by atoms with Crippen LogP contribution in [0.15, 0.2) is 17.0 Å². The maximum absolute atomic E-state index is 10.8. The minimum Gasteiger partial charge on any atom is -0.302 e. The maximum atomic E-state index is 10.8. The van der Waals surface area contributed by atoms with Gasteiger partial charge >= 0.3 is 0 Å². The lowest BCUT2D eigenvalue weighted by Crippen LogP contribution is -1.99. The van der Waals surface area contributed by atoms with Crippen molar-refractivity contribution in [2.24, 2.45) is 0 Å². The average molecular weight is 215 g/mol. The number of nitro groups is 1. The first-order valence-electron chi connectivity index (χ1n) is 3.80. The number of nitrogens with zero attached hydrogens (tertiary/aromatic N) is 1. The van der Waals surface area contributed by atoms with Crippen LogP contribution in [0.2, 0.25) is 0 Å². The van der Waals surface area contributed by atoms with Gasteiger partial charge in [0.25, 0.3) is 5.69 Å². The Morgan fingerprint density at radius 1 is 1.36 bits per heavy atom. The van der Waals surface area contributed by atoms with Crippen molar-refractivity contribution in [3.05, 3.63) is 33.4 Å². The van der Waals surface area contributed by atoms with Crippen molar-refractivity contribution in [1.82, 2.24) is 0 Å². The highest BCUT2D eigenvalue weighted by molar-refractivity contribution is 7.79. The molecule has 0 saturated heterocycles. The van der Waals surface area contributed by atoms with Crippen LogP contribution in [0.4, 0.5) is 5.69 Å². The van der Waals surface area contributed by atoms with E-state index < -0.39 is 16.0 Å². The van der Waals surface area contributed by atoms with Gasteiger partial charge in [-0.2, -0.15) is 0 Å². The molecule has 0 aliphatic heterocycles. The van der Waals surface area contributed by atoms with Crippen LogP contribution in [0.5, 0.6) is 0 Å². The van der Waals surface area contributed by atoms with Crippen molar-refractivity contribution in [1.29, 1.82) is 0 Å². The van der Waals surface area contributed by atoms with E-state index in [2.05, 4.69) is 0 Å². The van der Waals surface area contributed by atoms with Gasteiger partial charge < -0.3 is 4.55 Å². The van der Waals surface area contributed by atoms with Crippen molar-refractivity contribution >= 4 is 16.8 Å². The highest BCUT2D eigenvalue weighted by Gasteiger charge is 2.19. The van der Waals surface area contributed by atoms with Crippen LogP contribution in [0.3, 0.4) is 0 Å². The van der Waals surface area contributed by atoms with E-state index in [4.69, 9.17) is 4.55 Å². The molecule has 0 heterocycles. The molecular formula is C8H9NO4S. The second-order valence-electron chi connectivity index (χ2n) is 2.91. The molecule has 1 unspecified atom stereocenters. The van der Waals surface area contributed by atoms with E-state index in [-0.39, 0.29) is 10.6 Å². The monoisotopic (exact) mass is 215 g/mol. The van der Waals surface area contributed by atoms with Crippen LogP contribution in [0, 0.1) is 24.0 Å². The van der Waals surface area contributed by atoms with Crippen molar-refractivity contribution in [3.8, 4) is 0 Å². The number of benzene rings is 1. The Balaban J connectivity index is 3.46. The first kappa shape index (κ1) is 10.8. The van der Waals surface area contributed by atoms with Gasteiger partial charge in [0.2, 0.25) is 0 Å². The lowest BCUT2D eigenvalue weighted by atomic mass is 10.1. The Labute approximate surface area is 83.2 Å². The number of rotatable bonds is 2. The molecule has 0 aliphatic rings. The standard InChI is InChI=1S/C8H9NO4S/c1-5-3-7(9(10)11)8(14(12)13)4-6(5)2/h3-4H,1-2H3,(H,12,13). The van der Waals surface area contributed by atoms with Crippen molar-refractivity contribution in [3.63, 3.8) is 0 Å². The molecule has 14 heavy (non-hydrogen) atoms. The van der Waals surface area contributed by atoms with Gasteiger partial charge in [-0.3, -0.25) is 10.1 Å². The van der Waals surface area contributed by atoms with E-state index in [1.165, 1.54) is 12.1 Å². The molecule has 0 spiro atoms. The van der Waals surface area contributed by atoms with Gasteiger partial charge in [0.05, 0.1) is 4.92 Å². The molecule has 1 aromatic carbocycles. The highest BCUT2D eigenvalue weighted by Crippen LogP contribution is 2.25. The van der Waals surface area contributed by atoms with E-state index in [1.54, 1.807) is 13.8 Å². The number of hydrogen-bond donors (Lipinski definition) is 1. The van der Waals surface area contributed by atoms with E-state index >= 15 is 0 Å². The summed E-state index contributed by atoms with van der Waals surface area (Å²) < 4.78 is 19.6. The smallest absolute Gasteiger partial charge is 0.288 e. The van der Waals surface area contributed by atoms with Crippen LogP contribution in [-0.4, -0.2) is 13.7 Å². The molecule has 0 aromatic heterocycles. The molecule has 0 aliphatic carbocycles. The summed E-state index contributed by atoms with van der Waals surface area (Å²) >= 11 is -2.32. The minimum atomic E-state index is -2.32. The second kappa shape index (κ2) is 3.85. The third kappa shape index (κ3) is 1.97. The lowest BCUT2D eigenvalue weighted by Gasteiger charge is -2.03. The second-order valence-corrected chi connectivity index (χ2v) is 3.85. The first-order valence-corrected chi connectivity index (χ1v) is 4.90. The summed E-state index contributed by atoms with van der Waals surface area (Å²) in [6, 6.07) is 2.67. The summed E-state index contributed by atoms with van der Waals surface area (Å²) in [6.07, 6.45) is 0. The first-order chi connectivity index (χ1) is 6.43. The number of hydrogen-bond acceptors (Lipinski definition) is 3. The largest absolute Gasteiger partial charge is 0.302 e. The van der Waals surface area contributed by atoms with Crippen LogP contribution >= 0.6 is 0 Å². The predicted molar refractivity (Wildman–Crippen MR) is 51.6 cm³/mol. The van der Waals surface area contributed by atoms with Crippen molar-refractivity contribution in [2.75, 3.05) is 0 Å². The van der Waals surface area contributed by atoms with Gasteiger partial charge in [-0.25, -0.2) is 4.21 Å². The zero-order valence-electron chi connectivity index (χ0n) is 7.68. The van der Waals surface area contributed by atoms with Gasteiger partial charge in [-0.05, 0) is 31.0 Å². The topological polar surface area (TPSA) is 80.4 Å². The molecule has 1 N–H and O–H groups in total. The zero-order valence-corrected chi connectivity index (χ0v) is 8.50. The molecule has 6 heteroatoms. The molecule has 0 saturated carbocycles. The van der Waals surface area contributed by atoms with Gasteiger partial charge in [-0.15, -0.1) is 0 Å². The van der Waals surface area contributed by atoms with E-state index in [9.17, 15) is 14.3 Å². The highest BCUT2D eigenvalue weighted by atomic mass is 32.2. The molecule has 0 fully saturated rings. The quantitative estimate of drug-likeness (QED) is 0.463. The Kier molecular flexibility index (Phi) is 2.97. The van der Waals surface area contributed by atoms with Crippen LogP contribution in [-0.2, 0) is 11.1 Å². The van der Waals surface area contributed by atoms with Crippen molar-refractivity contribution in [2.45, 2.75) is 18.7 Å². The third-order valence-corrected chi connectivity index (χ3v) is 2.66.